The predicted molar refractivity (Wildman–Crippen MR) is 114 cm³/mol. The summed E-state index contributed by atoms with van der Waals surface area (Å²) in [5.74, 6) is -0.0658. The molecule has 1 saturated heterocycles. The molecular weight excluding hydrogens is 386 g/mol. The van der Waals surface area contributed by atoms with Gasteiger partial charge in [-0.15, -0.1) is 0 Å². The lowest BCUT2D eigenvalue weighted by Crippen LogP contribution is -2.35. The molecule has 1 aromatic heterocycles. The summed E-state index contributed by atoms with van der Waals surface area (Å²) >= 11 is 0. The summed E-state index contributed by atoms with van der Waals surface area (Å²) in [6.07, 6.45) is 5.23. The quantitative estimate of drug-likeness (QED) is 0.534. The van der Waals surface area contributed by atoms with Crippen LogP contribution in [0, 0.1) is 16.0 Å². The van der Waals surface area contributed by atoms with E-state index in [9.17, 15) is 19.7 Å². The number of hydrogen-bond donors (Lipinski definition) is 2. The summed E-state index contributed by atoms with van der Waals surface area (Å²) < 4.78 is 0. The van der Waals surface area contributed by atoms with E-state index in [0.29, 0.717) is 17.3 Å². The van der Waals surface area contributed by atoms with Crippen LogP contribution in [-0.2, 0) is 4.79 Å². The molecule has 9 heteroatoms. The predicted octanol–water partition coefficient (Wildman–Crippen LogP) is 2.98. The third-order valence-electron chi connectivity index (χ3n) is 5.14. The minimum absolute atomic E-state index is 0.0755. The van der Waals surface area contributed by atoms with Crippen LogP contribution in [0.1, 0.15) is 36.5 Å². The number of aromatic nitrogens is 1. The molecule has 3 rings (SSSR count). The average molecular weight is 411 g/mol. The molecule has 0 radical (unpaired) electrons. The highest BCUT2D eigenvalue weighted by atomic mass is 16.6. The number of rotatable bonds is 7. The number of carbonyl (C=O) groups is 2. The summed E-state index contributed by atoms with van der Waals surface area (Å²) in [6.45, 7) is 3.90. The van der Waals surface area contributed by atoms with Crippen LogP contribution in [0.5, 0.6) is 0 Å². The Labute approximate surface area is 174 Å². The zero-order valence-electron chi connectivity index (χ0n) is 16.8. The first-order valence-corrected chi connectivity index (χ1v) is 9.95. The lowest BCUT2D eigenvalue weighted by molar-refractivity contribution is -0.384. The summed E-state index contributed by atoms with van der Waals surface area (Å²) in [5.41, 5.74) is 1.38. The maximum atomic E-state index is 12.8. The van der Waals surface area contributed by atoms with E-state index in [-0.39, 0.29) is 30.1 Å². The molecule has 0 saturated carbocycles. The van der Waals surface area contributed by atoms with Crippen molar-refractivity contribution in [3.05, 3.63) is 58.4 Å². The number of anilines is 2. The zero-order chi connectivity index (χ0) is 21.5. The van der Waals surface area contributed by atoms with Crippen molar-refractivity contribution in [2.75, 3.05) is 29.9 Å². The van der Waals surface area contributed by atoms with Gasteiger partial charge in [-0.3, -0.25) is 24.7 Å². The molecule has 0 aliphatic carbocycles. The Kier molecular flexibility index (Phi) is 6.95. The van der Waals surface area contributed by atoms with Gasteiger partial charge >= 0.3 is 0 Å². The first-order chi connectivity index (χ1) is 14.4. The van der Waals surface area contributed by atoms with E-state index < -0.39 is 10.8 Å². The van der Waals surface area contributed by atoms with Crippen LogP contribution >= 0.6 is 0 Å². The molecule has 2 N–H and O–H groups in total. The first kappa shape index (κ1) is 21.2. The summed E-state index contributed by atoms with van der Waals surface area (Å²) in [5, 5.41) is 16.6. The normalized spacial score (nSPS) is 14.2. The number of pyridine rings is 1. The van der Waals surface area contributed by atoms with Gasteiger partial charge in [0.2, 0.25) is 5.91 Å². The van der Waals surface area contributed by atoms with Crippen LogP contribution in [-0.4, -0.2) is 41.4 Å². The third kappa shape index (κ3) is 5.53. The molecule has 2 heterocycles. The maximum absolute atomic E-state index is 12.8. The summed E-state index contributed by atoms with van der Waals surface area (Å²) in [7, 11) is 0. The van der Waals surface area contributed by atoms with E-state index in [4.69, 9.17) is 0 Å². The van der Waals surface area contributed by atoms with Gasteiger partial charge in [-0.25, -0.2) is 0 Å². The molecular formula is C21H25N5O4. The van der Waals surface area contributed by atoms with Crippen molar-refractivity contribution in [2.24, 2.45) is 5.92 Å². The van der Waals surface area contributed by atoms with Crippen molar-refractivity contribution in [1.82, 2.24) is 10.3 Å². The number of piperidine rings is 1. The molecule has 0 spiro atoms. The molecule has 1 aliphatic rings. The van der Waals surface area contributed by atoms with Gasteiger partial charge < -0.3 is 15.5 Å². The number of hydrogen-bond acceptors (Lipinski definition) is 6. The molecule has 0 bridgehead atoms. The van der Waals surface area contributed by atoms with E-state index in [2.05, 4.69) is 27.4 Å². The van der Waals surface area contributed by atoms with Crippen LogP contribution < -0.4 is 15.5 Å². The third-order valence-corrected chi connectivity index (χ3v) is 5.14. The Hall–Kier alpha value is -3.49. The van der Waals surface area contributed by atoms with Crippen molar-refractivity contribution in [2.45, 2.75) is 26.2 Å². The number of non-ortho nitro benzene ring substituents is 1. The molecule has 30 heavy (non-hydrogen) atoms. The average Bonchev–Trinajstić information content (AvgIpc) is 2.74. The fourth-order valence-electron chi connectivity index (χ4n) is 3.39. The Morgan fingerprint density at radius 3 is 2.70 bits per heavy atom. The Morgan fingerprint density at radius 1 is 1.27 bits per heavy atom. The van der Waals surface area contributed by atoms with E-state index >= 15 is 0 Å². The minimum Gasteiger partial charge on any atom is -0.371 e. The van der Waals surface area contributed by atoms with Gasteiger partial charge in [0, 0.05) is 44.4 Å². The van der Waals surface area contributed by atoms with Crippen LogP contribution in [0.15, 0.2) is 42.7 Å². The SMILES string of the molecule is CC1CCN(c2ccc([N+](=O)[O-])cc2C(=O)NCCC(=O)Nc2cccnc2)CC1. The number of carbonyl (C=O) groups excluding carboxylic acids is 2. The molecule has 0 atom stereocenters. The number of nitro benzene ring substituents is 1. The van der Waals surface area contributed by atoms with E-state index in [1.165, 1.54) is 18.3 Å². The van der Waals surface area contributed by atoms with Gasteiger partial charge in [-0.2, -0.15) is 0 Å². The van der Waals surface area contributed by atoms with Crippen molar-refractivity contribution in [3.8, 4) is 0 Å². The van der Waals surface area contributed by atoms with E-state index in [1.807, 2.05) is 0 Å². The fourth-order valence-corrected chi connectivity index (χ4v) is 3.39. The van der Waals surface area contributed by atoms with Gasteiger partial charge in [0.15, 0.2) is 0 Å². The molecule has 1 fully saturated rings. The van der Waals surface area contributed by atoms with E-state index in [0.717, 1.165) is 25.9 Å². The van der Waals surface area contributed by atoms with Crippen molar-refractivity contribution < 1.29 is 14.5 Å². The highest BCUT2D eigenvalue weighted by molar-refractivity contribution is 6.01. The Morgan fingerprint density at radius 2 is 2.03 bits per heavy atom. The second-order valence-electron chi connectivity index (χ2n) is 7.42. The molecule has 158 valence electrons. The molecule has 9 nitrogen and oxygen atoms in total. The second kappa shape index (κ2) is 9.82. The highest BCUT2D eigenvalue weighted by Crippen LogP contribution is 2.29. The lowest BCUT2D eigenvalue weighted by atomic mass is 9.98. The monoisotopic (exact) mass is 411 g/mol. The second-order valence-corrected chi connectivity index (χ2v) is 7.42. The summed E-state index contributed by atoms with van der Waals surface area (Å²) in [6, 6.07) is 7.79. The zero-order valence-corrected chi connectivity index (χ0v) is 16.8. The van der Waals surface area contributed by atoms with Crippen LogP contribution in [0.25, 0.3) is 0 Å². The van der Waals surface area contributed by atoms with Crippen LogP contribution in [0.3, 0.4) is 0 Å². The largest absolute Gasteiger partial charge is 0.371 e. The van der Waals surface area contributed by atoms with Gasteiger partial charge in [-0.1, -0.05) is 6.92 Å². The number of nitrogens with one attached hydrogen (secondary N) is 2. The van der Waals surface area contributed by atoms with Gasteiger partial charge in [0.05, 0.1) is 28.1 Å². The van der Waals surface area contributed by atoms with Crippen molar-refractivity contribution >= 4 is 28.9 Å². The summed E-state index contributed by atoms with van der Waals surface area (Å²) in [4.78, 5) is 41.5. The fraction of sp³-hybridized carbons (Fsp3) is 0.381. The lowest BCUT2D eigenvalue weighted by Gasteiger charge is -2.33. The van der Waals surface area contributed by atoms with Gasteiger partial charge in [0.25, 0.3) is 11.6 Å². The number of benzene rings is 1. The standard InChI is InChI=1S/C21H25N5O4/c1-15-7-11-25(12-8-15)19-5-4-17(26(29)30)13-18(19)21(28)23-10-6-20(27)24-16-3-2-9-22-14-16/h2-5,9,13-15H,6-8,10-12H2,1H3,(H,23,28)(H,24,27). The molecule has 1 aliphatic heterocycles. The minimum atomic E-state index is -0.514. The Bertz CT molecular complexity index is 911. The number of amides is 2. The number of nitro groups is 1. The van der Waals surface area contributed by atoms with Crippen molar-refractivity contribution in [3.63, 3.8) is 0 Å². The van der Waals surface area contributed by atoms with Crippen LogP contribution in [0.4, 0.5) is 17.1 Å². The molecule has 2 amide bonds. The number of nitrogens with zero attached hydrogens (tertiary/aromatic N) is 3. The van der Waals surface area contributed by atoms with Crippen LogP contribution in [0.2, 0.25) is 0 Å². The maximum Gasteiger partial charge on any atom is 0.270 e. The van der Waals surface area contributed by atoms with E-state index in [1.54, 1.807) is 24.4 Å². The van der Waals surface area contributed by atoms with Gasteiger partial charge in [0.1, 0.15) is 0 Å². The molecule has 1 aromatic carbocycles. The first-order valence-electron chi connectivity index (χ1n) is 9.95. The molecule has 2 aromatic rings. The topological polar surface area (TPSA) is 117 Å². The van der Waals surface area contributed by atoms with Crippen molar-refractivity contribution in [1.29, 1.82) is 0 Å². The molecule has 0 unspecified atom stereocenters. The highest BCUT2D eigenvalue weighted by Gasteiger charge is 2.23. The van der Waals surface area contributed by atoms with Gasteiger partial charge in [-0.05, 0) is 37.0 Å². The smallest absolute Gasteiger partial charge is 0.270 e. The Balaban J connectivity index is 1.65.